The molecule has 3 aliphatic heterocycles. The van der Waals surface area contributed by atoms with Gasteiger partial charge in [0.25, 0.3) is 0 Å². The molecule has 1 saturated carbocycles. The molecule has 2 fully saturated rings. The van der Waals surface area contributed by atoms with Gasteiger partial charge in [0.15, 0.2) is 0 Å². The van der Waals surface area contributed by atoms with E-state index in [4.69, 9.17) is 9.47 Å². The van der Waals surface area contributed by atoms with Crippen molar-refractivity contribution in [1.29, 1.82) is 0 Å². The predicted molar refractivity (Wildman–Crippen MR) is 105 cm³/mol. The van der Waals surface area contributed by atoms with Gasteiger partial charge in [-0.3, -0.25) is 0 Å². The minimum absolute atomic E-state index is 0.0458. The van der Waals surface area contributed by atoms with E-state index in [9.17, 15) is 9.76 Å². The molecule has 4 aliphatic rings. The van der Waals surface area contributed by atoms with E-state index in [-0.39, 0.29) is 4.65 Å². The number of likely N-dealkylation sites (tertiary alicyclic amines) is 1. The van der Waals surface area contributed by atoms with Crippen molar-refractivity contribution >= 4 is 16.7 Å². The normalized spacial score (nSPS) is 36.5. The Morgan fingerprint density at radius 2 is 2.00 bits per heavy atom. The highest BCUT2D eigenvalue weighted by molar-refractivity contribution is 7.91. The average molecular weight is 390 g/mol. The number of nitrogens with zero attached hydrogens (tertiary/aromatic N) is 1. The molecule has 1 aromatic rings. The summed E-state index contributed by atoms with van der Waals surface area (Å²) in [5.74, 6) is 1.67. The average Bonchev–Trinajstić information content (AvgIpc) is 2.63. The van der Waals surface area contributed by atoms with Crippen LogP contribution in [-0.2, 0) is 22.5 Å². The molecule has 1 aromatic carbocycles. The van der Waals surface area contributed by atoms with Crippen LogP contribution >= 0.6 is 0 Å². The summed E-state index contributed by atoms with van der Waals surface area (Å²) in [5, 5.41) is 13.0. The highest BCUT2D eigenvalue weighted by atomic mass is 32.2. The number of ether oxygens (including phenoxy) is 2. The molecule has 5 rings (SSSR count). The monoisotopic (exact) mass is 389 g/mol. The maximum atomic E-state index is 13.0. The number of hydrogen-bond acceptors (Lipinski definition) is 4. The van der Waals surface area contributed by atoms with E-state index in [1.54, 1.807) is 0 Å². The van der Waals surface area contributed by atoms with Crippen molar-refractivity contribution in [2.45, 2.75) is 57.0 Å². The summed E-state index contributed by atoms with van der Waals surface area (Å²) in [4.78, 5) is 0. The highest BCUT2D eigenvalue weighted by Gasteiger charge is 2.47. The zero-order chi connectivity index (χ0) is 18.5. The standard InChI is InChI=1S/C21H27NO4S/c23-22(19-2-1-3-19)10-8-21(9-11-22)25-15-18-14-17(4-5-20(18)26-21)16-6-12-27(24)13-7-16/h4-6,14,19H,1-3,7-13,15H2. The van der Waals surface area contributed by atoms with Gasteiger partial charge in [0.1, 0.15) is 17.3 Å². The molecule has 0 radical (unpaired) electrons. The van der Waals surface area contributed by atoms with Crippen LogP contribution in [0.2, 0.25) is 0 Å². The second-order valence-corrected chi connectivity index (χ2v) is 10.0. The van der Waals surface area contributed by atoms with E-state index in [0.717, 1.165) is 36.3 Å². The summed E-state index contributed by atoms with van der Waals surface area (Å²) >= 11 is -0.704. The molecule has 1 unspecified atom stereocenters. The van der Waals surface area contributed by atoms with E-state index in [1.165, 1.54) is 17.6 Å². The first-order chi connectivity index (χ1) is 13.1. The summed E-state index contributed by atoms with van der Waals surface area (Å²) in [6, 6.07) is 6.59. The lowest BCUT2D eigenvalue weighted by Gasteiger charge is -2.57. The molecule has 0 bridgehead atoms. The Balaban J connectivity index is 1.29. The largest absolute Gasteiger partial charge is 0.633 e. The molecule has 3 heterocycles. The lowest BCUT2D eigenvalue weighted by molar-refractivity contribution is -0.919. The number of piperidine rings is 1. The number of hydroxylamine groups is 3. The van der Waals surface area contributed by atoms with Gasteiger partial charge < -0.3 is 23.9 Å². The fourth-order valence-corrected chi connectivity index (χ4v) is 5.72. The van der Waals surface area contributed by atoms with Crippen molar-refractivity contribution in [2.24, 2.45) is 0 Å². The van der Waals surface area contributed by atoms with E-state index in [2.05, 4.69) is 18.2 Å². The minimum Gasteiger partial charge on any atom is -0.633 e. The maximum Gasteiger partial charge on any atom is 0.221 e. The van der Waals surface area contributed by atoms with Crippen LogP contribution in [0.25, 0.3) is 5.57 Å². The number of rotatable bonds is 2. The van der Waals surface area contributed by atoms with Crippen LogP contribution < -0.4 is 4.74 Å². The Kier molecular flexibility index (Phi) is 4.52. The molecular weight excluding hydrogens is 362 g/mol. The minimum atomic E-state index is -0.704. The van der Waals surface area contributed by atoms with Gasteiger partial charge >= 0.3 is 0 Å². The number of quaternary nitrogens is 1. The molecule has 1 atom stereocenters. The third-order valence-electron chi connectivity index (χ3n) is 6.82. The molecule has 0 aromatic heterocycles. The van der Waals surface area contributed by atoms with Crippen molar-refractivity contribution in [1.82, 2.24) is 0 Å². The highest BCUT2D eigenvalue weighted by Crippen LogP contribution is 2.42. The third kappa shape index (κ3) is 3.32. The summed E-state index contributed by atoms with van der Waals surface area (Å²) < 4.78 is 24.0. The summed E-state index contributed by atoms with van der Waals surface area (Å²) in [6.45, 7) is 1.73. The fraction of sp³-hybridized carbons (Fsp3) is 0.619. The Labute approximate surface area is 163 Å². The second kappa shape index (κ2) is 6.78. The van der Waals surface area contributed by atoms with E-state index in [1.807, 2.05) is 6.07 Å². The van der Waals surface area contributed by atoms with Crippen LogP contribution in [-0.4, -0.2) is 45.6 Å². The van der Waals surface area contributed by atoms with Crippen LogP contribution in [0.15, 0.2) is 24.3 Å². The van der Waals surface area contributed by atoms with Crippen molar-refractivity contribution in [2.75, 3.05) is 24.6 Å². The lowest BCUT2D eigenvalue weighted by atomic mass is 9.88. The Morgan fingerprint density at radius 1 is 1.19 bits per heavy atom. The topological polar surface area (TPSA) is 64.6 Å². The molecule has 0 N–H and O–H groups in total. The van der Waals surface area contributed by atoms with Crippen LogP contribution in [0.4, 0.5) is 0 Å². The quantitative estimate of drug-likeness (QED) is 0.441. The summed E-state index contributed by atoms with van der Waals surface area (Å²) in [5.41, 5.74) is 3.51. The summed E-state index contributed by atoms with van der Waals surface area (Å²) in [7, 11) is 0. The lowest BCUT2D eigenvalue weighted by Crippen LogP contribution is -2.62. The van der Waals surface area contributed by atoms with Gasteiger partial charge in [0.05, 0.1) is 38.6 Å². The number of benzene rings is 1. The molecule has 1 aliphatic carbocycles. The van der Waals surface area contributed by atoms with Gasteiger partial charge in [-0.15, -0.1) is 0 Å². The molecule has 1 spiro atoms. The molecule has 0 amide bonds. The van der Waals surface area contributed by atoms with Crippen LogP contribution in [0.3, 0.4) is 0 Å². The van der Waals surface area contributed by atoms with Gasteiger partial charge in [-0.25, -0.2) is 0 Å². The molecule has 146 valence electrons. The second-order valence-electron chi connectivity index (χ2n) is 8.40. The van der Waals surface area contributed by atoms with Gasteiger partial charge in [0, 0.05) is 12.0 Å². The first kappa shape index (κ1) is 18.0. The molecule has 1 saturated heterocycles. The van der Waals surface area contributed by atoms with Gasteiger partial charge in [0.2, 0.25) is 5.79 Å². The predicted octanol–water partition coefficient (Wildman–Crippen LogP) is 3.49. The van der Waals surface area contributed by atoms with Crippen LogP contribution in [0.1, 0.15) is 49.7 Å². The number of allylic oxidation sites excluding steroid dienone is 1. The molecule has 27 heavy (non-hydrogen) atoms. The van der Waals surface area contributed by atoms with Crippen molar-refractivity contribution in [3.8, 4) is 5.75 Å². The SMILES string of the molecule is [O-][S+]1CC=C(c2ccc3c(c2)COC2(CC[N+]([O-])(C4CCC4)CC2)O3)CC1. The first-order valence-electron chi connectivity index (χ1n) is 10.1. The van der Waals surface area contributed by atoms with Crippen molar-refractivity contribution in [3.05, 3.63) is 40.6 Å². The third-order valence-corrected chi connectivity index (χ3v) is 8.01. The Hall–Kier alpha value is -1.05. The molecule has 5 nitrogen and oxygen atoms in total. The first-order valence-corrected chi connectivity index (χ1v) is 11.6. The van der Waals surface area contributed by atoms with Crippen LogP contribution in [0, 0.1) is 5.21 Å². The van der Waals surface area contributed by atoms with Gasteiger partial charge in [-0.2, -0.15) is 0 Å². The zero-order valence-corrected chi connectivity index (χ0v) is 16.5. The Bertz CT molecular complexity index is 753. The van der Waals surface area contributed by atoms with E-state index in [0.29, 0.717) is 44.3 Å². The number of hydrogen-bond donors (Lipinski definition) is 0. The summed E-state index contributed by atoms with van der Waals surface area (Å²) in [6.07, 6.45) is 7.66. The van der Waals surface area contributed by atoms with Crippen LogP contribution in [0.5, 0.6) is 5.75 Å². The maximum absolute atomic E-state index is 13.0. The Morgan fingerprint density at radius 3 is 2.67 bits per heavy atom. The number of fused-ring (bicyclic) bond motifs is 1. The van der Waals surface area contributed by atoms with Crippen molar-refractivity contribution in [3.63, 3.8) is 0 Å². The molecular formula is C21H27NO4S. The van der Waals surface area contributed by atoms with Gasteiger partial charge in [-0.05, 0) is 59.8 Å². The van der Waals surface area contributed by atoms with Crippen molar-refractivity contribution < 1.29 is 18.7 Å². The molecule has 6 heteroatoms. The van der Waals surface area contributed by atoms with E-state index >= 15 is 0 Å². The van der Waals surface area contributed by atoms with E-state index < -0.39 is 17.0 Å². The van der Waals surface area contributed by atoms with Gasteiger partial charge in [-0.1, -0.05) is 6.07 Å². The zero-order valence-electron chi connectivity index (χ0n) is 15.7. The fourth-order valence-electron chi connectivity index (χ4n) is 4.72. The smallest absolute Gasteiger partial charge is 0.221 e.